The van der Waals surface area contributed by atoms with Crippen LogP contribution in [0.15, 0.2) is 36.4 Å². The zero-order valence-corrected chi connectivity index (χ0v) is 18.9. The zero-order valence-electron chi connectivity index (χ0n) is 18.9. The van der Waals surface area contributed by atoms with Gasteiger partial charge < -0.3 is 4.74 Å². The number of methoxy groups -OCH3 is 1. The third-order valence-electron chi connectivity index (χ3n) is 5.39. The van der Waals surface area contributed by atoms with Gasteiger partial charge in [-0.05, 0) is 53.8 Å². The summed E-state index contributed by atoms with van der Waals surface area (Å²) < 4.78 is 5.77. The molecule has 1 aliphatic heterocycles. The van der Waals surface area contributed by atoms with E-state index in [9.17, 15) is 19.7 Å². The number of hydrogen-bond donors (Lipinski definition) is 1. The predicted octanol–water partition coefficient (Wildman–Crippen LogP) is 4.91. The van der Waals surface area contributed by atoms with Crippen LogP contribution in [-0.2, 0) is 10.2 Å². The number of nitrogens with zero attached hydrogens (tertiary/aromatic N) is 2. The molecule has 3 rings (SSSR count). The number of rotatable bonds is 5. The van der Waals surface area contributed by atoms with Crippen LogP contribution in [0.25, 0.3) is 11.6 Å². The highest BCUT2D eigenvalue weighted by Gasteiger charge is 2.28. The van der Waals surface area contributed by atoms with Crippen LogP contribution in [0.2, 0.25) is 0 Å². The van der Waals surface area contributed by atoms with E-state index < -0.39 is 11.0 Å². The molecule has 8 nitrogen and oxygen atoms in total. The van der Waals surface area contributed by atoms with Gasteiger partial charge in [-0.15, -0.1) is 0 Å². The van der Waals surface area contributed by atoms with E-state index >= 15 is 0 Å². The molecule has 2 aromatic rings. The maximum absolute atomic E-state index is 12.5. The first-order valence-corrected chi connectivity index (χ1v) is 10.3. The van der Waals surface area contributed by atoms with Gasteiger partial charge in [0.1, 0.15) is 5.75 Å². The number of ether oxygens (including phenoxy) is 1. The summed E-state index contributed by atoms with van der Waals surface area (Å²) in [6, 6.07) is 9.67. The molecule has 8 heteroatoms. The first kappa shape index (κ1) is 23.0. The minimum absolute atomic E-state index is 0.0294. The van der Waals surface area contributed by atoms with Crippen molar-refractivity contribution in [2.75, 3.05) is 18.6 Å². The van der Waals surface area contributed by atoms with Crippen LogP contribution in [0.4, 0.5) is 16.2 Å². The molecule has 1 saturated heterocycles. The van der Waals surface area contributed by atoms with Crippen molar-refractivity contribution in [3.05, 3.63) is 63.2 Å². The highest BCUT2D eigenvalue weighted by atomic mass is 16.6. The second-order valence-corrected chi connectivity index (χ2v) is 8.75. The van der Waals surface area contributed by atoms with Crippen LogP contribution in [0.3, 0.4) is 0 Å². The molecule has 0 aromatic heterocycles. The van der Waals surface area contributed by atoms with E-state index in [-0.39, 0.29) is 23.4 Å². The van der Waals surface area contributed by atoms with Gasteiger partial charge in [0.05, 0.1) is 12.0 Å². The van der Waals surface area contributed by atoms with Crippen LogP contribution < -0.4 is 15.0 Å². The first-order chi connectivity index (χ1) is 15.0. The van der Waals surface area contributed by atoms with E-state index in [0.717, 1.165) is 22.3 Å². The lowest BCUT2D eigenvalue weighted by Crippen LogP contribution is -2.49. The maximum Gasteiger partial charge on any atom is 0.328 e. The number of nitrogens with one attached hydrogen (secondary N) is 1. The highest BCUT2D eigenvalue weighted by molar-refractivity contribution is 6.06. The van der Waals surface area contributed by atoms with Crippen LogP contribution in [-0.4, -0.2) is 30.5 Å². The van der Waals surface area contributed by atoms with Crippen molar-refractivity contribution in [2.24, 2.45) is 0 Å². The van der Waals surface area contributed by atoms with E-state index in [0.29, 0.717) is 18.0 Å². The number of carbonyl (C=O) groups excluding carboxylic acids is 2. The molecule has 1 N–H and O–H groups in total. The molecule has 1 fully saturated rings. The Bertz CT molecular complexity index is 1100. The van der Waals surface area contributed by atoms with Crippen LogP contribution >= 0.6 is 0 Å². The Hall–Kier alpha value is -3.68. The van der Waals surface area contributed by atoms with E-state index in [1.54, 1.807) is 24.1 Å². The molecule has 0 spiro atoms. The van der Waals surface area contributed by atoms with Gasteiger partial charge in [-0.2, -0.15) is 0 Å². The fourth-order valence-corrected chi connectivity index (χ4v) is 3.66. The molecular weight excluding hydrogens is 410 g/mol. The zero-order chi connectivity index (χ0) is 23.6. The van der Waals surface area contributed by atoms with Gasteiger partial charge in [0, 0.05) is 41.9 Å². The van der Waals surface area contributed by atoms with Crippen molar-refractivity contribution in [1.82, 2.24) is 5.32 Å². The van der Waals surface area contributed by atoms with E-state index in [2.05, 4.69) is 26.1 Å². The molecule has 0 unspecified atom stereocenters. The van der Waals surface area contributed by atoms with Crippen molar-refractivity contribution in [3.63, 3.8) is 0 Å². The van der Waals surface area contributed by atoms with Crippen molar-refractivity contribution in [1.29, 1.82) is 0 Å². The molecular formula is C24H27N3O5. The molecule has 0 atom stereocenters. The monoisotopic (exact) mass is 437 g/mol. The molecule has 1 heterocycles. The van der Waals surface area contributed by atoms with Crippen molar-refractivity contribution >= 4 is 35.0 Å². The Morgan fingerprint density at radius 2 is 1.84 bits per heavy atom. The second-order valence-electron chi connectivity index (χ2n) is 8.75. The molecule has 168 valence electrons. The maximum atomic E-state index is 12.5. The van der Waals surface area contributed by atoms with E-state index in [1.807, 2.05) is 25.1 Å². The first-order valence-electron chi connectivity index (χ1n) is 10.3. The van der Waals surface area contributed by atoms with E-state index in [4.69, 9.17) is 4.74 Å². The SMILES string of the molecule is COc1c(C=C(C)c2ccc([N+](=O)[O-])cc2)cc(N2CCC(=O)NC2=O)cc1C(C)(C)C. The fourth-order valence-electron chi connectivity index (χ4n) is 3.66. The standard InChI is InChI=1S/C24H27N3O5/c1-15(16-6-8-18(9-7-16)27(30)31)12-17-13-19(26-11-10-21(28)25-23(26)29)14-20(22(17)32-5)24(2,3)4/h6-9,12-14H,10-11H2,1-5H3,(H,25,28,29). The fraction of sp³-hybridized carbons (Fsp3) is 0.333. The molecule has 1 aliphatic rings. The Kier molecular flexibility index (Phi) is 6.34. The van der Waals surface area contributed by atoms with Crippen molar-refractivity contribution < 1.29 is 19.2 Å². The van der Waals surface area contributed by atoms with Crippen LogP contribution in [0.1, 0.15) is 50.8 Å². The molecule has 3 amide bonds. The summed E-state index contributed by atoms with van der Waals surface area (Å²) in [6.07, 6.45) is 2.17. The minimum atomic E-state index is -0.451. The number of anilines is 1. The van der Waals surface area contributed by atoms with Gasteiger partial charge in [0.2, 0.25) is 5.91 Å². The van der Waals surface area contributed by atoms with Crippen LogP contribution in [0.5, 0.6) is 5.75 Å². The van der Waals surface area contributed by atoms with Gasteiger partial charge >= 0.3 is 6.03 Å². The van der Waals surface area contributed by atoms with Gasteiger partial charge in [-0.1, -0.05) is 20.8 Å². The number of nitro benzene ring substituents is 1. The summed E-state index contributed by atoms with van der Waals surface area (Å²) >= 11 is 0. The Morgan fingerprint density at radius 1 is 1.19 bits per heavy atom. The number of non-ortho nitro benzene ring substituents is 1. The van der Waals surface area contributed by atoms with E-state index in [1.165, 1.54) is 12.1 Å². The quantitative estimate of drug-likeness (QED) is 0.407. The molecule has 0 bridgehead atoms. The number of carbonyl (C=O) groups is 2. The van der Waals surface area contributed by atoms with Gasteiger partial charge in [-0.25, -0.2) is 4.79 Å². The molecule has 32 heavy (non-hydrogen) atoms. The number of allylic oxidation sites excluding steroid dienone is 1. The predicted molar refractivity (Wildman–Crippen MR) is 124 cm³/mol. The normalized spacial score (nSPS) is 14.9. The third kappa shape index (κ3) is 4.80. The number of imide groups is 1. The third-order valence-corrected chi connectivity index (χ3v) is 5.39. The Morgan fingerprint density at radius 3 is 2.38 bits per heavy atom. The Labute approximate surface area is 187 Å². The van der Waals surface area contributed by atoms with Crippen molar-refractivity contribution in [2.45, 2.75) is 39.5 Å². The molecule has 0 saturated carbocycles. The Balaban J connectivity index is 2.12. The van der Waals surface area contributed by atoms with Crippen LogP contribution in [0, 0.1) is 10.1 Å². The smallest absolute Gasteiger partial charge is 0.328 e. The molecule has 2 aromatic carbocycles. The lowest BCUT2D eigenvalue weighted by Gasteiger charge is -2.30. The topological polar surface area (TPSA) is 102 Å². The number of urea groups is 1. The minimum Gasteiger partial charge on any atom is -0.496 e. The van der Waals surface area contributed by atoms with Gasteiger partial charge in [-0.3, -0.25) is 25.1 Å². The van der Waals surface area contributed by atoms with Crippen molar-refractivity contribution in [3.8, 4) is 5.75 Å². The number of nitro groups is 1. The summed E-state index contributed by atoms with van der Waals surface area (Å²) in [6.45, 7) is 8.39. The number of hydrogen-bond acceptors (Lipinski definition) is 5. The largest absolute Gasteiger partial charge is 0.496 e. The summed E-state index contributed by atoms with van der Waals surface area (Å²) in [5.74, 6) is 0.404. The highest BCUT2D eigenvalue weighted by Crippen LogP contribution is 2.39. The number of amides is 3. The summed E-state index contributed by atoms with van der Waals surface area (Å²) in [7, 11) is 1.61. The lowest BCUT2D eigenvalue weighted by molar-refractivity contribution is -0.384. The van der Waals surface area contributed by atoms with Gasteiger partial charge in [0.25, 0.3) is 5.69 Å². The summed E-state index contributed by atoms with van der Waals surface area (Å²) in [5.41, 5.74) is 3.84. The molecule has 0 radical (unpaired) electrons. The molecule has 0 aliphatic carbocycles. The van der Waals surface area contributed by atoms with Gasteiger partial charge in [0.15, 0.2) is 0 Å². The average Bonchev–Trinajstić information content (AvgIpc) is 2.72. The number of benzene rings is 2. The lowest BCUT2D eigenvalue weighted by atomic mass is 9.84. The second kappa shape index (κ2) is 8.82. The average molecular weight is 437 g/mol. The summed E-state index contributed by atoms with van der Waals surface area (Å²) in [5, 5.41) is 13.3. The summed E-state index contributed by atoms with van der Waals surface area (Å²) in [4.78, 5) is 36.1.